The van der Waals surface area contributed by atoms with E-state index in [1.165, 1.54) is 12.1 Å². The molecular weight excluding hydrogens is 270 g/mol. The van der Waals surface area contributed by atoms with Crippen molar-refractivity contribution in [1.82, 2.24) is 5.16 Å². The second kappa shape index (κ2) is 5.40. The van der Waals surface area contributed by atoms with Gasteiger partial charge in [0.2, 0.25) is 5.76 Å². The van der Waals surface area contributed by atoms with Gasteiger partial charge < -0.3 is 14.0 Å². The first-order chi connectivity index (χ1) is 8.97. The number of aryl methyl sites for hydroxylation is 2. The Labute approximate surface area is 111 Å². The molecule has 0 amide bonds. The van der Waals surface area contributed by atoms with Crippen molar-refractivity contribution >= 4 is 16.8 Å². The first kappa shape index (κ1) is 13.5. The van der Waals surface area contributed by atoms with Gasteiger partial charge in [-0.15, -0.1) is 0 Å². The van der Waals surface area contributed by atoms with Gasteiger partial charge in [0.05, 0.1) is 17.2 Å². The van der Waals surface area contributed by atoms with Crippen LogP contribution in [0.2, 0.25) is 0 Å². The summed E-state index contributed by atoms with van der Waals surface area (Å²) >= 11 is 0. The molecule has 102 valence electrons. The second-order valence-corrected chi connectivity index (χ2v) is 5.56. The van der Waals surface area contributed by atoms with Crippen molar-refractivity contribution in [2.24, 2.45) is 0 Å². The van der Waals surface area contributed by atoms with Gasteiger partial charge in [-0.1, -0.05) is 5.16 Å². The van der Waals surface area contributed by atoms with Crippen LogP contribution in [0, 0.1) is 13.8 Å². The maximum Gasteiger partial charge on any atom is 0.371 e. The molecule has 0 aliphatic carbocycles. The van der Waals surface area contributed by atoms with Crippen molar-refractivity contribution in [1.29, 1.82) is 0 Å². The minimum atomic E-state index is -1.21. The van der Waals surface area contributed by atoms with Crippen molar-refractivity contribution in [2.75, 3.05) is 0 Å². The summed E-state index contributed by atoms with van der Waals surface area (Å²) < 4.78 is 22.1. The van der Waals surface area contributed by atoms with Crippen LogP contribution >= 0.6 is 0 Å². The largest absolute Gasteiger partial charge is 0.475 e. The fourth-order valence-electron chi connectivity index (χ4n) is 1.65. The maximum atomic E-state index is 12.0. The average molecular weight is 283 g/mol. The Bertz CT molecular complexity index is 608. The third kappa shape index (κ3) is 3.11. The lowest BCUT2D eigenvalue weighted by molar-refractivity contribution is 0.0661. The highest BCUT2D eigenvalue weighted by Gasteiger charge is 2.15. The Morgan fingerprint density at radius 1 is 1.37 bits per heavy atom. The van der Waals surface area contributed by atoms with E-state index >= 15 is 0 Å². The van der Waals surface area contributed by atoms with E-state index in [1.54, 1.807) is 13.8 Å². The predicted molar refractivity (Wildman–Crippen MR) is 67.2 cm³/mol. The standard InChI is InChI=1S/C12H13NO5S/c1-7-10(8(2)18-13-7)6-19(16)5-9-3-4-11(17-9)12(14)15/h3-4H,5-6H2,1-2H3,(H,14,15). The van der Waals surface area contributed by atoms with Crippen molar-refractivity contribution in [3.05, 3.63) is 40.7 Å². The Morgan fingerprint density at radius 3 is 2.63 bits per heavy atom. The molecular formula is C12H13NO5S. The van der Waals surface area contributed by atoms with E-state index in [-0.39, 0.29) is 11.5 Å². The number of carboxylic acids is 1. The topological polar surface area (TPSA) is 93.5 Å². The van der Waals surface area contributed by atoms with Crippen LogP contribution in [0.1, 0.15) is 33.3 Å². The summed E-state index contributed by atoms with van der Waals surface area (Å²) in [6.07, 6.45) is 0. The highest BCUT2D eigenvalue weighted by molar-refractivity contribution is 7.83. The Balaban J connectivity index is 2.03. The van der Waals surface area contributed by atoms with Gasteiger partial charge in [-0.2, -0.15) is 0 Å². The zero-order chi connectivity index (χ0) is 14.0. The smallest absolute Gasteiger partial charge is 0.371 e. The summed E-state index contributed by atoms with van der Waals surface area (Å²) in [5.41, 5.74) is 1.54. The molecule has 0 spiro atoms. The van der Waals surface area contributed by atoms with Gasteiger partial charge in [-0.05, 0) is 26.0 Å². The van der Waals surface area contributed by atoms with E-state index in [2.05, 4.69) is 5.16 Å². The summed E-state index contributed by atoms with van der Waals surface area (Å²) in [5.74, 6) is 0.229. The van der Waals surface area contributed by atoms with Crippen molar-refractivity contribution in [3.63, 3.8) is 0 Å². The first-order valence-electron chi connectivity index (χ1n) is 5.56. The molecule has 19 heavy (non-hydrogen) atoms. The number of rotatable bonds is 5. The lowest BCUT2D eigenvalue weighted by Crippen LogP contribution is -2.00. The number of furan rings is 1. The van der Waals surface area contributed by atoms with Gasteiger partial charge in [-0.25, -0.2) is 4.79 Å². The summed E-state index contributed by atoms with van der Waals surface area (Å²) in [7, 11) is -1.21. The fourth-order valence-corrected chi connectivity index (χ4v) is 2.96. The molecule has 0 saturated carbocycles. The average Bonchev–Trinajstić information content (AvgIpc) is 2.91. The van der Waals surface area contributed by atoms with Crippen LogP contribution in [0.25, 0.3) is 0 Å². The van der Waals surface area contributed by atoms with Crippen LogP contribution in [-0.4, -0.2) is 20.4 Å². The number of carboxylic acid groups (broad SMARTS) is 1. The van der Waals surface area contributed by atoms with Gasteiger partial charge in [0, 0.05) is 16.4 Å². The van der Waals surface area contributed by atoms with Crippen LogP contribution in [0.3, 0.4) is 0 Å². The quantitative estimate of drug-likeness (QED) is 0.902. The third-order valence-corrected chi connectivity index (χ3v) is 3.88. The minimum Gasteiger partial charge on any atom is -0.475 e. The van der Waals surface area contributed by atoms with Gasteiger partial charge in [0.15, 0.2) is 0 Å². The molecule has 2 heterocycles. The third-order valence-electron chi connectivity index (χ3n) is 2.66. The molecule has 0 radical (unpaired) electrons. The summed E-state index contributed by atoms with van der Waals surface area (Å²) in [6, 6.07) is 2.87. The highest BCUT2D eigenvalue weighted by Crippen LogP contribution is 2.17. The molecule has 7 heteroatoms. The Morgan fingerprint density at radius 2 is 2.11 bits per heavy atom. The molecule has 1 atom stereocenters. The van der Waals surface area contributed by atoms with Crippen LogP contribution in [0.5, 0.6) is 0 Å². The second-order valence-electron chi connectivity index (χ2n) is 4.10. The monoisotopic (exact) mass is 283 g/mol. The van der Waals surface area contributed by atoms with Crippen LogP contribution in [0.15, 0.2) is 21.1 Å². The number of carbonyl (C=O) groups is 1. The van der Waals surface area contributed by atoms with Crippen molar-refractivity contribution in [3.8, 4) is 0 Å². The lowest BCUT2D eigenvalue weighted by Gasteiger charge is -1.99. The highest BCUT2D eigenvalue weighted by atomic mass is 32.2. The molecule has 0 aliphatic rings. The van der Waals surface area contributed by atoms with Crippen molar-refractivity contribution in [2.45, 2.75) is 25.4 Å². The molecule has 2 aromatic rings. The molecule has 0 fully saturated rings. The van der Waals surface area contributed by atoms with E-state index in [9.17, 15) is 9.00 Å². The van der Waals surface area contributed by atoms with E-state index < -0.39 is 16.8 Å². The number of hydrogen-bond acceptors (Lipinski definition) is 5. The van der Waals surface area contributed by atoms with Crippen molar-refractivity contribution < 1.29 is 23.1 Å². The predicted octanol–water partition coefficient (Wildman–Crippen LogP) is 2.03. The molecule has 0 bridgehead atoms. The van der Waals surface area contributed by atoms with Crippen LogP contribution < -0.4 is 0 Å². The van der Waals surface area contributed by atoms with E-state index in [1.807, 2.05) is 0 Å². The van der Waals surface area contributed by atoms with E-state index in [0.717, 1.165) is 11.3 Å². The molecule has 1 N–H and O–H groups in total. The number of nitrogens with zero attached hydrogens (tertiary/aromatic N) is 1. The Hall–Kier alpha value is -1.89. The maximum absolute atomic E-state index is 12.0. The molecule has 2 rings (SSSR count). The van der Waals surface area contributed by atoms with Gasteiger partial charge in [-0.3, -0.25) is 4.21 Å². The molecule has 0 aromatic carbocycles. The normalized spacial score (nSPS) is 12.5. The van der Waals surface area contributed by atoms with Gasteiger partial charge in [0.25, 0.3) is 0 Å². The molecule has 2 aromatic heterocycles. The first-order valence-corrected chi connectivity index (χ1v) is 7.05. The van der Waals surface area contributed by atoms with Crippen LogP contribution in [0.4, 0.5) is 0 Å². The number of aromatic carboxylic acids is 1. The van der Waals surface area contributed by atoms with E-state index in [0.29, 0.717) is 17.3 Å². The molecule has 0 aliphatic heterocycles. The van der Waals surface area contributed by atoms with Gasteiger partial charge >= 0.3 is 5.97 Å². The Kier molecular flexibility index (Phi) is 3.84. The van der Waals surface area contributed by atoms with Crippen LogP contribution in [-0.2, 0) is 22.3 Å². The van der Waals surface area contributed by atoms with Gasteiger partial charge in [0.1, 0.15) is 11.5 Å². The summed E-state index contributed by atoms with van der Waals surface area (Å²) in [5, 5.41) is 12.5. The summed E-state index contributed by atoms with van der Waals surface area (Å²) in [6.45, 7) is 3.56. The lowest BCUT2D eigenvalue weighted by atomic mass is 10.2. The fraction of sp³-hybridized carbons (Fsp3) is 0.333. The number of hydrogen-bond donors (Lipinski definition) is 1. The summed E-state index contributed by atoms with van der Waals surface area (Å²) in [4.78, 5) is 10.7. The molecule has 0 saturated heterocycles. The number of aromatic nitrogens is 1. The SMILES string of the molecule is Cc1noc(C)c1CS(=O)Cc1ccc(C(=O)O)o1. The zero-order valence-electron chi connectivity index (χ0n) is 10.5. The molecule has 1 unspecified atom stereocenters. The zero-order valence-corrected chi connectivity index (χ0v) is 11.3. The van der Waals surface area contributed by atoms with E-state index in [4.69, 9.17) is 14.0 Å². The minimum absolute atomic E-state index is 0.149. The molecule has 6 nitrogen and oxygen atoms in total.